The molecule has 23 heavy (non-hydrogen) atoms. The molecule has 2 aromatic carbocycles. The van der Waals surface area contributed by atoms with E-state index in [4.69, 9.17) is 10.4 Å². The summed E-state index contributed by atoms with van der Waals surface area (Å²) in [6.07, 6.45) is 0. The highest BCUT2D eigenvalue weighted by atomic mass is 79.9. The van der Waals surface area contributed by atoms with Gasteiger partial charge in [0, 0.05) is 11.5 Å². The fourth-order valence-electron chi connectivity index (χ4n) is 1.90. The van der Waals surface area contributed by atoms with Crippen molar-refractivity contribution in [2.45, 2.75) is 4.90 Å². The van der Waals surface area contributed by atoms with Crippen LogP contribution in [0.15, 0.2) is 51.8 Å². The third-order valence-electron chi connectivity index (χ3n) is 3.17. The van der Waals surface area contributed by atoms with Gasteiger partial charge in [-0.1, -0.05) is 6.07 Å². The maximum atomic E-state index is 12.7. The Morgan fingerprint density at radius 2 is 1.96 bits per heavy atom. The topological polar surface area (TPSA) is 98.5 Å². The minimum absolute atomic E-state index is 0.148. The third-order valence-corrected chi connectivity index (χ3v) is 5.64. The number of aromatic carboxylic acids is 1. The number of sulfonamides is 1. The van der Waals surface area contributed by atoms with Crippen molar-refractivity contribution in [3.8, 4) is 6.07 Å². The van der Waals surface area contributed by atoms with Gasteiger partial charge in [-0.3, -0.25) is 4.31 Å². The normalized spacial score (nSPS) is 10.8. The summed E-state index contributed by atoms with van der Waals surface area (Å²) in [5.74, 6) is -1.23. The quantitative estimate of drug-likeness (QED) is 0.859. The molecule has 2 aromatic rings. The summed E-state index contributed by atoms with van der Waals surface area (Å²) < 4.78 is 26.6. The molecule has 0 saturated heterocycles. The van der Waals surface area contributed by atoms with Crippen LogP contribution >= 0.6 is 15.9 Å². The molecule has 6 nitrogen and oxygen atoms in total. The predicted octanol–water partition coefficient (Wildman–Crippen LogP) is 2.84. The second-order valence-corrected chi connectivity index (χ2v) is 7.41. The number of carboxylic acids is 1. The summed E-state index contributed by atoms with van der Waals surface area (Å²) in [6.45, 7) is 0. The summed E-state index contributed by atoms with van der Waals surface area (Å²) in [7, 11) is -2.61. The molecule has 0 aliphatic carbocycles. The Morgan fingerprint density at radius 1 is 1.26 bits per heavy atom. The predicted molar refractivity (Wildman–Crippen MR) is 87.8 cm³/mol. The molecule has 0 saturated carbocycles. The molecular weight excluding hydrogens is 384 g/mol. The van der Waals surface area contributed by atoms with Gasteiger partial charge in [-0.15, -0.1) is 0 Å². The van der Waals surface area contributed by atoms with Crippen molar-refractivity contribution in [1.82, 2.24) is 0 Å². The van der Waals surface area contributed by atoms with Crippen LogP contribution in [0.5, 0.6) is 0 Å². The lowest BCUT2D eigenvalue weighted by atomic mass is 10.2. The zero-order chi connectivity index (χ0) is 17.2. The minimum Gasteiger partial charge on any atom is -0.478 e. The number of nitrogens with zero attached hydrogens (tertiary/aromatic N) is 2. The second-order valence-electron chi connectivity index (χ2n) is 4.58. The number of halogens is 1. The standard InChI is InChI=1S/C15H11BrN2O4S/c1-18(11-4-2-3-10(7-11)9-17)23(21,22)12-5-6-14(16)13(8-12)15(19)20/h2-8H,1H3,(H,19,20). The van der Waals surface area contributed by atoms with Gasteiger partial charge in [-0.2, -0.15) is 5.26 Å². The van der Waals surface area contributed by atoms with Crippen LogP contribution in [-0.2, 0) is 10.0 Å². The first-order valence-electron chi connectivity index (χ1n) is 6.29. The van der Waals surface area contributed by atoms with Gasteiger partial charge in [-0.05, 0) is 52.3 Å². The van der Waals surface area contributed by atoms with Crippen LogP contribution in [0.3, 0.4) is 0 Å². The van der Waals surface area contributed by atoms with Crippen molar-refractivity contribution in [3.05, 3.63) is 58.1 Å². The summed E-state index contributed by atoms with van der Waals surface area (Å²) in [5.41, 5.74) is 0.487. The lowest BCUT2D eigenvalue weighted by Gasteiger charge is -2.20. The molecule has 0 aliphatic rings. The number of anilines is 1. The highest BCUT2D eigenvalue weighted by Crippen LogP contribution is 2.26. The fraction of sp³-hybridized carbons (Fsp3) is 0.0667. The first kappa shape index (κ1) is 17.0. The molecule has 0 aromatic heterocycles. The van der Waals surface area contributed by atoms with E-state index in [0.717, 1.165) is 10.4 Å². The number of carboxylic acid groups (broad SMARTS) is 1. The summed E-state index contributed by atoms with van der Waals surface area (Å²) in [5, 5.41) is 18.0. The zero-order valence-electron chi connectivity index (χ0n) is 11.9. The van der Waals surface area contributed by atoms with Crippen LogP contribution in [-0.4, -0.2) is 26.5 Å². The van der Waals surface area contributed by atoms with Crippen molar-refractivity contribution in [3.63, 3.8) is 0 Å². The van der Waals surface area contributed by atoms with Crippen molar-refractivity contribution < 1.29 is 18.3 Å². The van der Waals surface area contributed by atoms with E-state index in [1.807, 2.05) is 6.07 Å². The Balaban J connectivity index is 2.51. The van der Waals surface area contributed by atoms with Gasteiger partial charge in [0.15, 0.2) is 0 Å². The average molecular weight is 395 g/mol. The van der Waals surface area contributed by atoms with E-state index in [2.05, 4.69) is 15.9 Å². The molecular formula is C15H11BrN2O4S. The summed E-state index contributed by atoms with van der Waals surface area (Å²) in [6, 6.07) is 11.8. The van der Waals surface area contributed by atoms with Gasteiger partial charge in [0.2, 0.25) is 0 Å². The van der Waals surface area contributed by atoms with Gasteiger partial charge >= 0.3 is 5.97 Å². The Hall–Kier alpha value is -2.37. The van der Waals surface area contributed by atoms with E-state index >= 15 is 0 Å². The molecule has 0 amide bonds. The van der Waals surface area contributed by atoms with E-state index in [1.54, 1.807) is 18.2 Å². The maximum absolute atomic E-state index is 12.7. The van der Waals surface area contributed by atoms with Crippen LogP contribution in [0, 0.1) is 11.3 Å². The summed E-state index contributed by atoms with van der Waals surface area (Å²) in [4.78, 5) is 11.0. The molecule has 0 fully saturated rings. The number of benzene rings is 2. The maximum Gasteiger partial charge on any atom is 0.336 e. The molecule has 1 N–H and O–H groups in total. The van der Waals surface area contributed by atoms with Crippen molar-refractivity contribution >= 4 is 37.6 Å². The molecule has 0 unspecified atom stereocenters. The van der Waals surface area contributed by atoms with E-state index in [-0.39, 0.29) is 14.9 Å². The molecule has 0 atom stereocenters. The van der Waals surface area contributed by atoms with Crippen LogP contribution in [0.2, 0.25) is 0 Å². The number of carbonyl (C=O) groups is 1. The number of rotatable bonds is 4. The van der Waals surface area contributed by atoms with Gasteiger partial charge in [0.25, 0.3) is 10.0 Å². The average Bonchev–Trinajstić information content (AvgIpc) is 2.54. The van der Waals surface area contributed by atoms with E-state index in [0.29, 0.717) is 11.3 Å². The number of nitriles is 1. The largest absolute Gasteiger partial charge is 0.478 e. The first-order chi connectivity index (χ1) is 10.8. The Bertz CT molecular complexity index is 919. The number of hydrogen-bond acceptors (Lipinski definition) is 4. The van der Waals surface area contributed by atoms with E-state index < -0.39 is 16.0 Å². The lowest BCUT2D eigenvalue weighted by Crippen LogP contribution is -2.26. The second kappa shape index (κ2) is 6.40. The van der Waals surface area contributed by atoms with Crippen LogP contribution in [0.4, 0.5) is 5.69 Å². The first-order valence-corrected chi connectivity index (χ1v) is 8.52. The molecule has 0 spiro atoms. The lowest BCUT2D eigenvalue weighted by molar-refractivity contribution is 0.0695. The summed E-state index contributed by atoms with van der Waals surface area (Å²) >= 11 is 3.07. The van der Waals surface area contributed by atoms with Crippen molar-refractivity contribution in [2.24, 2.45) is 0 Å². The molecule has 118 valence electrons. The fourth-order valence-corrected chi connectivity index (χ4v) is 3.53. The highest BCUT2D eigenvalue weighted by molar-refractivity contribution is 9.10. The SMILES string of the molecule is CN(c1cccc(C#N)c1)S(=O)(=O)c1ccc(Br)c(C(=O)O)c1. The van der Waals surface area contributed by atoms with Gasteiger partial charge in [-0.25, -0.2) is 13.2 Å². The van der Waals surface area contributed by atoms with Crippen molar-refractivity contribution in [2.75, 3.05) is 11.4 Å². The van der Waals surface area contributed by atoms with Gasteiger partial charge in [0.05, 0.1) is 27.8 Å². The number of hydrogen-bond donors (Lipinski definition) is 1. The molecule has 0 heterocycles. The Morgan fingerprint density at radius 3 is 2.57 bits per heavy atom. The highest BCUT2D eigenvalue weighted by Gasteiger charge is 2.23. The molecule has 2 rings (SSSR count). The molecule has 0 aliphatic heterocycles. The van der Waals surface area contributed by atoms with E-state index in [9.17, 15) is 13.2 Å². The Labute approximate surface area is 141 Å². The van der Waals surface area contributed by atoms with E-state index in [1.165, 1.54) is 25.2 Å². The molecule has 8 heteroatoms. The zero-order valence-corrected chi connectivity index (χ0v) is 14.3. The van der Waals surface area contributed by atoms with Gasteiger partial charge in [0.1, 0.15) is 0 Å². The molecule has 0 bridgehead atoms. The van der Waals surface area contributed by atoms with Crippen LogP contribution < -0.4 is 4.31 Å². The monoisotopic (exact) mass is 394 g/mol. The minimum atomic E-state index is -3.95. The molecule has 0 radical (unpaired) electrons. The van der Waals surface area contributed by atoms with Gasteiger partial charge < -0.3 is 5.11 Å². The van der Waals surface area contributed by atoms with Crippen LogP contribution in [0.1, 0.15) is 15.9 Å². The van der Waals surface area contributed by atoms with Crippen molar-refractivity contribution in [1.29, 1.82) is 5.26 Å². The third kappa shape index (κ3) is 3.36. The smallest absolute Gasteiger partial charge is 0.336 e. The van der Waals surface area contributed by atoms with Crippen LogP contribution in [0.25, 0.3) is 0 Å². The Kier molecular flexibility index (Phi) is 4.73.